The van der Waals surface area contributed by atoms with Gasteiger partial charge < -0.3 is 14.2 Å². The first-order chi connectivity index (χ1) is 15.5. The van der Waals surface area contributed by atoms with Crippen molar-refractivity contribution in [2.45, 2.75) is 13.5 Å². The van der Waals surface area contributed by atoms with Crippen LogP contribution < -0.4 is 9.47 Å². The van der Waals surface area contributed by atoms with E-state index in [1.54, 1.807) is 30.3 Å². The van der Waals surface area contributed by atoms with Gasteiger partial charge in [-0.25, -0.2) is 9.79 Å². The number of hydrogen-bond donors (Lipinski definition) is 0. The van der Waals surface area contributed by atoms with Crippen LogP contribution in [0.4, 0.5) is 0 Å². The molecule has 32 heavy (non-hydrogen) atoms. The molecule has 0 aromatic heterocycles. The first kappa shape index (κ1) is 21.9. The topological polar surface area (TPSA) is 57.1 Å². The number of carbonyl (C=O) groups is 1. The van der Waals surface area contributed by atoms with E-state index in [-0.39, 0.29) is 11.6 Å². The number of nitrogens with zero attached hydrogens (tertiary/aromatic N) is 1. The van der Waals surface area contributed by atoms with Gasteiger partial charge in [0.05, 0.1) is 16.7 Å². The second-order valence-corrected chi connectivity index (χ2v) is 7.69. The van der Waals surface area contributed by atoms with Crippen LogP contribution in [-0.4, -0.2) is 18.5 Å². The molecule has 4 rings (SSSR count). The van der Waals surface area contributed by atoms with Crippen molar-refractivity contribution in [3.05, 3.63) is 99.2 Å². The van der Waals surface area contributed by atoms with E-state index < -0.39 is 5.97 Å². The Morgan fingerprint density at radius 2 is 1.75 bits per heavy atom. The number of esters is 1. The number of cyclic esters (lactones) is 1. The zero-order valence-electron chi connectivity index (χ0n) is 17.2. The van der Waals surface area contributed by atoms with Gasteiger partial charge in [-0.15, -0.1) is 0 Å². The lowest BCUT2D eigenvalue weighted by Crippen LogP contribution is -2.05. The molecule has 0 bridgehead atoms. The Bertz CT molecular complexity index is 1210. The van der Waals surface area contributed by atoms with Crippen molar-refractivity contribution < 1.29 is 19.0 Å². The van der Waals surface area contributed by atoms with Crippen molar-refractivity contribution in [2.75, 3.05) is 6.61 Å². The Hall–Kier alpha value is -3.28. The van der Waals surface area contributed by atoms with Gasteiger partial charge in [-0.1, -0.05) is 59.6 Å². The van der Waals surface area contributed by atoms with E-state index in [4.69, 9.17) is 37.4 Å². The summed E-state index contributed by atoms with van der Waals surface area (Å²) in [5.41, 5.74) is 2.52. The number of hydrogen-bond acceptors (Lipinski definition) is 5. The minimum atomic E-state index is -0.548. The highest BCUT2D eigenvalue weighted by Crippen LogP contribution is 2.31. The molecule has 0 saturated carbocycles. The Kier molecular flexibility index (Phi) is 6.78. The molecule has 0 aliphatic carbocycles. The molecule has 0 unspecified atom stereocenters. The zero-order chi connectivity index (χ0) is 22.5. The summed E-state index contributed by atoms with van der Waals surface area (Å²) in [4.78, 5) is 16.6. The molecular formula is C25H19Cl2NO4. The van der Waals surface area contributed by atoms with Crippen LogP contribution in [0.5, 0.6) is 11.5 Å². The van der Waals surface area contributed by atoms with E-state index >= 15 is 0 Å². The van der Waals surface area contributed by atoms with Crippen LogP contribution in [0.3, 0.4) is 0 Å². The minimum Gasteiger partial charge on any atom is -0.490 e. The number of aliphatic imine (C=N–C) groups is 1. The van der Waals surface area contributed by atoms with Gasteiger partial charge in [0.1, 0.15) is 6.61 Å². The molecule has 1 heterocycles. The van der Waals surface area contributed by atoms with Crippen molar-refractivity contribution in [1.29, 1.82) is 0 Å². The van der Waals surface area contributed by atoms with Crippen LogP contribution in [0.15, 0.2) is 77.4 Å². The van der Waals surface area contributed by atoms with Crippen LogP contribution in [0.1, 0.15) is 23.6 Å². The van der Waals surface area contributed by atoms with Gasteiger partial charge in [-0.2, -0.15) is 0 Å². The Morgan fingerprint density at radius 1 is 0.938 bits per heavy atom. The van der Waals surface area contributed by atoms with Crippen LogP contribution >= 0.6 is 23.2 Å². The molecule has 3 aromatic rings. The fraction of sp³-hybridized carbons (Fsp3) is 0.120. The number of halogens is 2. The smallest absolute Gasteiger partial charge is 0.363 e. The van der Waals surface area contributed by atoms with Crippen molar-refractivity contribution in [3.8, 4) is 11.5 Å². The molecule has 0 N–H and O–H groups in total. The molecule has 1 aliphatic heterocycles. The van der Waals surface area contributed by atoms with Crippen molar-refractivity contribution >= 4 is 41.1 Å². The first-order valence-electron chi connectivity index (χ1n) is 9.95. The normalized spacial score (nSPS) is 14.3. The van der Waals surface area contributed by atoms with E-state index in [0.717, 1.165) is 11.1 Å². The number of ether oxygens (including phenoxy) is 3. The summed E-state index contributed by atoms with van der Waals surface area (Å²) in [5.74, 6) is 0.825. The maximum absolute atomic E-state index is 12.3. The molecule has 5 nitrogen and oxygen atoms in total. The Morgan fingerprint density at radius 3 is 2.50 bits per heavy atom. The molecule has 0 amide bonds. The predicted molar refractivity (Wildman–Crippen MR) is 125 cm³/mol. The van der Waals surface area contributed by atoms with E-state index in [9.17, 15) is 4.79 Å². The molecular weight excluding hydrogens is 449 g/mol. The van der Waals surface area contributed by atoms with Gasteiger partial charge in [0.2, 0.25) is 5.90 Å². The summed E-state index contributed by atoms with van der Waals surface area (Å²) < 4.78 is 17.0. The molecule has 7 heteroatoms. The van der Waals surface area contributed by atoms with Crippen LogP contribution in [0.25, 0.3) is 6.08 Å². The zero-order valence-corrected chi connectivity index (χ0v) is 18.7. The van der Waals surface area contributed by atoms with Gasteiger partial charge in [-0.3, -0.25) is 0 Å². The van der Waals surface area contributed by atoms with Crippen molar-refractivity contribution in [1.82, 2.24) is 0 Å². The summed E-state index contributed by atoms with van der Waals surface area (Å²) in [5, 5.41) is 0.766. The molecule has 3 aromatic carbocycles. The highest BCUT2D eigenvalue weighted by Gasteiger charge is 2.24. The number of carbonyl (C=O) groups excluding carboxylic acids is 1. The summed E-state index contributed by atoms with van der Waals surface area (Å²) in [7, 11) is 0. The summed E-state index contributed by atoms with van der Waals surface area (Å²) >= 11 is 12.0. The van der Waals surface area contributed by atoms with Crippen molar-refractivity contribution in [3.63, 3.8) is 0 Å². The van der Waals surface area contributed by atoms with Crippen LogP contribution in [-0.2, 0) is 16.1 Å². The predicted octanol–water partition coefficient (Wildman–Crippen LogP) is 6.32. The van der Waals surface area contributed by atoms with E-state index in [1.807, 2.05) is 49.4 Å². The standard InChI is InChI=1S/C25H19Cl2NO4/c1-2-30-23-13-17(8-11-22(23)31-15-16-6-4-3-5-7-16)12-21-25(29)32-24(28-21)18-9-10-19(26)20(27)14-18/h3-14H,2,15H2,1H3/b21-12-. The fourth-order valence-corrected chi connectivity index (χ4v) is 3.36. The lowest BCUT2D eigenvalue weighted by Gasteiger charge is -2.12. The SMILES string of the molecule is CCOc1cc(/C=C2\N=C(c3ccc(Cl)c(Cl)c3)OC2=O)ccc1OCc1ccccc1. The summed E-state index contributed by atoms with van der Waals surface area (Å²) in [6.45, 7) is 2.79. The van der Waals surface area contributed by atoms with Gasteiger partial charge in [-0.05, 0) is 54.5 Å². The molecule has 162 valence electrons. The molecule has 0 fully saturated rings. The van der Waals surface area contributed by atoms with Crippen molar-refractivity contribution in [2.24, 2.45) is 4.99 Å². The third-order valence-corrected chi connectivity index (χ3v) is 5.33. The number of benzene rings is 3. The van der Waals surface area contributed by atoms with Gasteiger partial charge in [0.15, 0.2) is 17.2 Å². The van der Waals surface area contributed by atoms with E-state index in [0.29, 0.717) is 40.3 Å². The summed E-state index contributed by atoms with van der Waals surface area (Å²) in [6, 6.07) is 20.2. The lowest BCUT2D eigenvalue weighted by molar-refractivity contribution is -0.129. The second-order valence-electron chi connectivity index (χ2n) is 6.88. The fourth-order valence-electron chi connectivity index (χ4n) is 3.06. The van der Waals surface area contributed by atoms with Gasteiger partial charge in [0, 0.05) is 5.56 Å². The quantitative estimate of drug-likeness (QED) is 0.301. The molecule has 0 radical (unpaired) electrons. The van der Waals surface area contributed by atoms with Crippen LogP contribution in [0, 0.1) is 0 Å². The average Bonchev–Trinajstić information content (AvgIpc) is 3.16. The van der Waals surface area contributed by atoms with Gasteiger partial charge >= 0.3 is 5.97 Å². The minimum absolute atomic E-state index is 0.173. The Balaban J connectivity index is 1.57. The maximum Gasteiger partial charge on any atom is 0.363 e. The van der Waals surface area contributed by atoms with E-state index in [2.05, 4.69) is 4.99 Å². The highest BCUT2D eigenvalue weighted by atomic mass is 35.5. The largest absolute Gasteiger partial charge is 0.490 e. The second kappa shape index (κ2) is 9.90. The average molecular weight is 468 g/mol. The highest BCUT2D eigenvalue weighted by molar-refractivity contribution is 6.42. The first-order valence-corrected chi connectivity index (χ1v) is 10.7. The van der Waals surface area contributed by atoms with Crippen LogP contribution in [0.2, 0.25) is 10.0 Å². The van der Waals surface area contributed by atoms with E-state index in [1.165, 1.54) is 0 Å². The molecule has 1 aliphatic rings. The molecule has 0 spiro atoms. The molecule has 0 atom stereocenters. The Labute approximate surface area is 195 Å². The lowest BCUT2D eigenvalue weighted by atomic mass is 10.1. The monoisotopic (exact) mass is 467 g/mol. The number of rotatable bonds is 7. The third kappa shape index (κ3) is 5.13. The summed E-state index contributed by atoms with van der Waals surface area (Å²) in [6.07, 6.45) is 1.64. The third-order valence-electron chi connectivity index (χ3n) is 4.60. The maximum atomic E-state index is 12.3. The molecule has 0 saturated heterocycles. The van der Waals surface area contributed by atoms with Gasteiger partial charge in [0.25, 0.3) is 0 Å².